The number of thiazole rings is 1. The normalized spacial score (nSPS) is 11.8. The molecule has 0 atom stereocenters. The number of fused-ring (bicyclic) bond motifs is 1. The minimum Gasteiger partial charge on any atom is -0.494 e. The number of hydrogen-bond donors (Lipinski definition) is 0. The highest BCUT2D eigenvalue weighted by Gasteiger charge is 2.07. The lowest BCUT2D eigenvalue weighted by Gasteiger charge is -2.03. The molecule has 0 saturated carbocycles. The monoisotopic (exact) mass is 276 g/mol. The molecule has 4 nitrogen and oxygen atoms in total. The van der Waals surface area contributed by atoms with Crippen molar-refractivity contribution in [1.82, 2.24) is 4.57 Å². The molecule has 0 fully saturated rings. The lowest BCUT2D eigenvalue weighted by Crippen LogP contribution is -2.15. The van der Waals surface area contributed by atoms with Gasteiger partial charge < -0.3 is 9.30 Å². The Morgan fingerprint density at radius 1 is 1.58 bits per heavy atom. The first kappa shape index (κ1) is 13.5. The summed E-state index contributed by atoms with van der Waals surface area (Å²) in [6, 6.07) is 5.89. The average Bonchev–Trinajstić information content (AvgIpc) is 2.67. The van der Waals surface area contributed by atoms with Crippen molar-refractivity contribution in [2.24, 2.45) is 4.99 Å². The fourth-order valence-electron chi connectivity index (χ4n) is 1.84. The van der Waals surface area contributed by atoms with Gasteiger partial charge in [0.2, 0.25) is 5.91 Å². The van der Waals surface area contributed by atoms with Gasteiger partial charge in [-0.3, -0.25) is 4.79 Å². The zero-order valence-electron chi connectivity index (χ0n) is 11.0. The van der Waals surface area contributed by atoms with Gasteiger partial charge in [-0.25, -0.2) is 0 Å². The van der Waals surface area contributed by atoms with Crippen molar-refractivity contribution in [1.29, 1.82) is 0 Å². The van der Waals surface area contributed by atoms with Crippen molar-refractivity contribution >= 4 is 27.5 Å². The first-order chi connectivity index (χ1) is 9.15. The highest BCUT2D eigenvalue weighted by atomic mass is 32.1. The predicted octanol–water partition coefficient (Wildman–Crippen LogP) is 2.73. The Hall–Kier alpha value is -1.88. The largest absolute Gasteiger partial charge is 0.494 e. The molecule has 0 bridgehead atoms. The number of carbonyl (C=O) groups is 1. The van der Waals surface area contributed by atoms with E-state index in [9.17, 15) is 4.79 Å². The minimum absolute atomic E-state index is 0.200. The molecular formula is C14H16N2O2S. The summed E-state index contributed by atoms with van der Waals surface area (Å²) in [4.78, 5) is 15.9. The molecule has 1 aromatic heterocycles. The molecule has 100 valence electrons. The van der Waals surface area contributed by atoms with Gasteiger partial charge in [-0.1, -0.05) is 17.4 Å². The van der Waals surface area contributed by atoms with Crippen LogP contribution in [-0.2, 0) is 11.3 Å². The van der Waals surface area contributed by atoms with Crippen LogP contribution >= 0.6 is 11.3 Å². The fraction of sp³-hybridized carbons (Fsp3) is 0.286. The Bertz CT molecular complexity index is 682. The van der Waals surface area contributed by atoms with Crippen LogP contribution in [0.2, 0.25) is 0 Å². The number of aromatic nitrogens is 1. The van der Waals surface area contributed by atoms with Crippen LogP contribution in [0.3, 0.4) is 0 Å². The number of amides is 1. The van der Waals surface area contributed by atoms with E-state index in [1.807, 2.05) is 29.7 Å². The second-order valence-electron chi connectivity index (χ2n) is 3.98. The highest BCUT2D eigenvalue weighted by Crippen LogP contribution is 2.23. The summed E-state index contributed by atoms with van der Waals surface area (Å²) >= 11 is 1.48. The SMILES string of the molecule is C=CCn1c(=NC(C)=O)sc2cc(OCC)ccc21. The van der Waals surface area contributed by atoms with Gasteiger partial charge in [0.1, 0.15) is 5.75 Å². The van der Waals surface area contributed by atoms with Crippen LogP contribution in [0.1, 0.15) is 13.8 Å². The van der Waals surface area contributed by atoms with Gasteiger partial charge in [0.25, 0.3) is 0 Å². The first-order valence-corrected chi connectivity index (χ1v) is 6.89. The Balaban J connectivity index is 2.65. The predicted molar refractivity (Wildman–Crippen MR) is 77.4 cm³/mol. The van der Waals surface area contributed by atoms with Crippen molar-refractivity contribution in [2.75, 3.05) is 6.61 Å². The molecule has 0 N–H and O–H groups in total. The zero-order valence-corrected chi connectivity index (χ0v) is 11.9. The van der Waals surface area contributed by atoms with Gasteiger partial charge in [0.15, 0.2) is 4.80 Å². The smallest absolute Gasteiger partial charge is 0.245 e. The van der Waals surface area contributed by atoms with Crippen LogP contribution < -0.4 is 9.54 Å². The van der Waals surface area contributed by atoms with Crippen molar-refractivity contribution in [3.63, 3.8) is 0 Å². The number of benzene rings is 1. The number of allylic oxidation sites excluding steroid dienone is 1. The Kier molecular flexibility index (Phi) is 4.16. The van der Waals surface area contributed by atoms with Gasteiger partial charge in [-0.15, -0.1) is 6.58 Å². The quantitative estimate of drug-likeness (QED) is 0.806. The maximum absolute atomic E-state index is 11.2. The van der Waals surface area contributed by atoms with Crippen molar-refractivity contribution < 1.29 is 9.53 Å². The second kappa shape index (κ2) is 5.84. The van der Waals surface area contributed by atoms with Crippen molar-refractivity contribution in [3.8, 4) is 5.75 Å². The highest BCUT2D eigenvalue weighted by molar-refractivity contribution is 7.16. The Morgan fingerprint density at radius 3 is 3.00 bits per heavy atom. The third-order valence-corrected chi connectivity index (χ3v) is 3.57. The summed E-state index contributed by atoms with van der Waals surface area (Å²) < 4.78 is 8.51. The minimum atomic E-state index is -0.200. The number of nitrogens with zero attached hydrogens (tertiary/aromatic N) is 2. The van der Waals surface area contributed by atoms with E-state index in [1.54, 1.807) is 6.08 Å². The lowest BCUT2D eigenvalue weighted by atomic mass is 10.3. The Morgan fingerprint density at radius 2 is 2.37 bits per heavy atom. The maximum Gasteiger partial charge on any atom is 0.245 e. The molecule has 5 heteroatoms. The van der Waals surface area contributed by atoms with Crippen molar-refractivity contribution in [2.45, 2.75) is 20.4 Å². The van der Waals surface area contributed by atoms with Gasteiger partial charge in [-0.2, -0.15) is 4.99 Å². The summed E-state index contributed by atoms with van der Waals surface area (Å²) in [5.41, 5.74) is 1.04. The number of carbonyl (C=O) groups excluding carboxylic acids is 1. The number of hydrogen-bond acceptors (Lipinski definition) is 3. The molecule has 0 saturated heterocycles. The van der Waals surface area contributed by atoms with Crippen LogP contribution in [0, 0.1) is 0 Å². The van der Waals surface area contributed by atoms with E-state index < -0.39 is 0 Å². The number of rotatable bonds is 4. The van der Waals surface area contributed by atoms with Gasteiger partial charge >= 0.3 is 0 Å². The van der Waals surface area contributed by atoms with E-state index in [1.165, 1.54) is 18.3 Å². The molecule has 2 aromatic rings. The molecule has 1 aromatic carbocycles. The summed E-state index contributed by atoms with van der Waals surface area (Å²) in [6.45, 7) is 8.40. The summed E-state index contributed by atoms with van der Waals surface area (Å²) in [5, 5.41) is 0. The van der Waals surface area contributed by atoms with E-state index in [0.29, 0.717) is 18.0 Å². The fourth-order valence-corrected chi connectivity index (χ4v) is 2.95. The van der Waals surface area contributed by atoms with Gasteiger partial charge in [0, 0.05) is 13.5 Å². The topological polar surface area (TPSA) is 43.6 Å². The molecule has 0 aliphatic carbocycles. The molecule has 1 amide bonds. The van der Waals surface area contributed by atoms with Gasteiger partial charge in [0.05, 0.1) is 16.8 Å². The third-order valence-electron chi connectivity index (χ3n) is 2.53. The summed E-state index contributed by atoms with van der Waals surface area (Å²) in [5.74, 6) is 0.630. The molecular weight excluding hydrogens is 260 g/mol. The van der Waals surface area contributed by atoms with E-state index in [4.69, 9.17) is 4.74 Å². The lowest BCUT2D eigenvalue weighted by molar-refractivity contribution is -0.116. The van der Waals surface area contributed by atoms with Crippen LogP contribution in [0.4, 0.5) is 0 Å². The van der Waals surface area contributed by atoms with E-state index >= 15 is 0 Å². The van der Waals surface area contributed by atoms with Crippen LogP contribution in [-0.4, -0.2) is 17.1 Å². The molecule has 0 unspecified atom stereocenters. The molecule has 0 radical (unpaired) electrons. The van der Waals surface area contributed by atoms with Crippen LogP contribution in [0.15, 0.2) is 35.8 Å². The molecule has 0 aliphatic heterocycles. The van der Waals surface area contributed by atoms with E-state index in [0.717, 1.165) is 16.0 Å². The summed E-state index contributed by atoms with van der Waals surface area (Å²) in [7, 11) is 0. The van der Waals surface area contributed by atoms with Crippen LogP contribution in [0.5, 0.6) is 5.75 Å². The molecule has 0 spiro atoms. The average molecular weight is 276 g/mol. The Labute approximate surface area is 115 Å². The zero-order chi connectivity index (χ0) is 13.8. The first-order valence-electron chi connectivity index (χ1n) is 6.08. The second-order valence-corrected chi connectivity index (χ2v) is 4.99. The standard InChI is InChI=1S/C14H16N2O2S/c1-4-8-16-12-7-6-11(18-5-2)9-13(12)19-14(16)15-10(3)17/h4,6-7,9H,1,5,8H2,2-3H3. The van der Waals surface area contributed by atoms with Gasteiger partial charge in [-0.05, 0) is 25.1 Å². The van der Waals surface area contributed by atoms with E-state index in [-0.39, 0.29) is 5.91 Å². The van der Waals surface area contributed by atoms with E-state index in [2.05, 4.69) is 11.6 Å². The van der Waals surface area contributed by atoms with Crippen LogP contribution in [0.25, 0.3) is 10.2 Å². The third kappa shape index (κ3) is 2.93. The molecule has 1 heterocycles. The van der Waals surface area contributed by atoms with Crippen molar-refractivity contribution in [3.05, 3.63) is 35.7 Å². The molecule has 19 heavy (non-hydrogen) atoms. The molecule has 0 aliphatic rings. The summed E-state index contributed by atoms with van der Waals surface area (Å²) in [6.07, 6.45) is 1.79. The number of ether oxygens (including phenoxy) is 1. The molecule has 2 rings (SSSR count). The maximum atomic E-state index is 11.2.